The largest absolute Gasteiger partial charge is 0.545 e. The van der Waals surface area contributed by atoms with Crippen LogP contribution in [0.25, 0.3) is 0 Å². The van der Waals surface area contributed by atoms with Gasteiger partial charge in [-0.05, 0) is 64.2 Å². The Morgan fingerprint density at radius 3 is 1.13 bits per heavy atom. The molecule has 0 aromatic rings. The number of aliphatic carboxylic acids is 1. The van der Waals surface area contributed by atoms with E-state index in [1.54, 1.807) is 6.08 Å². The van der Waals surface area contributed by atoms with Crippen LogP contribution in [0.2, 0.25) is 0 Å². The topological polar surface area (TPSA) is 111 Å². The molecule has 0 aliphatic rings. The molecule has 0 N–H and O–H groups in total. The highest BCUT2D eigenvalue weighted by Crippen LogP contribution is 2.18. The summed E-state index contributed by atoms with van der Waals surface area (Å²) in [6, 6.07) is 0. The summed E-state index contributed by atoms with van der Waals surface area (Å²) in [5, 5.41) is 11.8. The first kappa shape index (κ1) is 75.7. The minimum Gasteiger partial charge on any atom is -0.545 e. The maximum Gasteiger partial charge on any atom is 0.310 e. The number of hydrogen-bond donors (Lipinski definition) is 0. The molecule has 0 fully saturated rings. The van der Waals surface area contributed by atoms with E-state index >= 15 is 0 Å². The Hall–Kier alpha value is -3.27. The average Bonchev–Trinajstić information content (AvgIpc) is 3.42. The van der Waals surface area contributed by atoms with Crippen molar-refractivity contribution in [3.63, 3.8) is 0 Å². The summed E-state index contributed by atoms with van der Waals surface area (Å²) in [5.74, 6) is -2.44. The second kappa shape index (κ2) is 60.8. The number of allylic oxidation sites excluding steroid dienone is 11. The van der Waals surface area contributed by atoms with Crippen molar-refractivity contribution in [2.75, 3.05) is 47.5 Å². The van der Waals surface area contributed by atoms with E-state index < -0.39 is 24.3 Å². The van der Waals surface area contributed by atoms with Crippen LogP contribution in [-0.4, -0.2) is 82.3 Å². The molecular weight excluding hydrogens is 983 g/mol. The summed E-state index contributed by atoms with van der Waals surface area (Å²) in [6.07, 6.45) is 77.7. The normalized spacial score (nSPS) is 13.2. The summed E-state index contributed by atoms with van der Waals surface area (Å²) in [6.45, 7) is 4.54. The highest BCUT2D eigenvalue weighted by atomic mass is 16.7. The number of carboxylic acid groups (broad SMARTS) is 1. The van der Waals surface area contributed by atoms with Gasteiger partial charge in [0, 0.05) is 6.42 Å². The Morgan fingerprint density at radius 1 is 0.405 bits per heavy atom. The van der Waals surface area contributed by atoms with Gasteiger partial charge in [-0.1, -0.05) is 292 Å². The number of carbonyl (C=O) groups is 3. The Morgan fingerprint density at radius 2 is 0.759 bits per heavy atom. The van der Waals surface area contributed by atoms with E-state index in [0.29, 0.717) is 17.4 Å². The Balaban J connectivity index is 3.96. The first-order valence-electron chi connectivity index (χ1n) is 33.1. The van der Waals surface area contributed by atoms with E-state index in [9.17, 15) is 19.5 Å². The predicted octanol–water partition coefficient (Wildman–Crippen LogP) is 18.8. The fourth-order valence-electron chi connectivity index (χ4n) is 9.43. The molecule has 458 valence electrons. The lowest BCUT2D eigenvalue weighted by Gasteiger charge is -2.26. The highest BCUT2D eigenvalue weighted by Gasteiger charge is 2.21. The zero-order valence-electron chi connectivity index (χ0n) is 52.2. The molecule has 0 heterocycles. The number of unbranched alkanes of at least 4 members (excludes halogenated alkanes) is 35. The zero-order valence-corrected chi connectivity index (χ0v) is 52.2. The third-order valence-electron chi connectivity index (χ3n) is 14.5. The molecule has 0 rings (SSSR count). The molecule has 9 nitrogen and oxygen atoms in total. The molecule has 0 bridgehead atoms. The standard InChI is InChI=1S/C70H125NO8/c1-6-8-10-12-14-16-18-20-22-23-24-25-26-27-28-29-30-31-32-33-34-35-36-37-38-39-40-41-42-43-44-45-47-48-50-52-54-56-58-60-67(72)77-64-66(65-78-70(69(74)75)76-63-62-71(3,4)5)79-68(73)61-59-57-55-53-51-49-46-21-19-17-15-13-11-9-7-2/h9,11,15,17,21,23-24,46,51,53,57,59,66,70H,6-8,10,12-14,16,18-20,22,25-45,47-50,52,54-56,58,60-65H2,1-5H3/b11-9-,17-15-,24-23-,46-21-,53-51-,59-57-. The van der Waals surface area contributed by atoms with Gasteiger partial charge in [0.1, 0.15) is 13.2 Å². The number of quaternary nitrogens is 1. The molecule has 2 atom stereocenters. The van der Waals surface area contributed by atoms with Gasteiger partial charge in [0.05, 0.1) is 46.7 Å². The summed E-state index contributed by atoms with van der Waals surface area (Å²) in [7, 11) is 5.89. The van der Waals surface area contributed by atoms with Crippen LogP contribution in [0.1, 0.15) is 296 Å². The van der Waals surface area contributed by atoms with Crippen LogP contribution < -0.4 is 5.11 Å². The maximum atomic E-state index is 12.8. The van der Waals surface area contributed by atoms with Crippen molar-refractivity contribution in [2.24, 2.45) is 0 Å². The van der Waals surface area contributed by atoms with Gasteiger partial charge in [-0.25, -0.2) is 0 Å². The van der Waals surface area contributed by atoms with Gasteiger partial charge in [-0.2, -0.15) is 0 Å². The first-order valence-corrected chi connectivity index (χ1v) is 33.1. The molecule has 0 aromatic heterocycles. The molecule has 0 radical (unpaired) electrons. The van der Waals surface area contributed by atoms with Gasteiger partial charge in [0.2, 0.25) is 0 Å². The number of nitrogens with zero attached hydrogens (tertiary/aromatic N) is 1. The van der Waals surface area contributed by atoms with E-state index in [1.165, 1.54) is 218 Å². The van der Waals surface area contributed by atoms with Crippen molar-refractivity contribution >= 4 is 17.9 Å². The fraction of sp³-hybridized carbons (Fsp3) is 0.786. The SMILES string of the molecule is CC/C=C\C/C=C\C/C=C\C/C=C\C/C=C\CC(=O)OC(COC(=O)CCCCCCCCCCCCCCCCCCCCCCCCCCCCC/C=C\CCCCCCCCCC)COC(OCC[N+](C)(C)C)C(=O)[O-]. The molecule has 0 aliphatic carbocycles. The van der Waals surface area contributed by atoms with Crippen LogP contribution in [0, 0.1) is 0 Å². The average molecular weight is 1110 g/mol. The molecular formula is C70H125NO8. The third-order valence-corrected chi connectivity index (χ3v) is 14.5. The molecule has 9 heteroatoms. The third kappa shape index (κ3) is 62.2. The molecule has 0 spiro atoms. The van der Waals surface area contributed by atoms with Gasteiger partial charge in [0.15, 0.2) is 12.4 Å². The van der Waals surface area contributed by atoms with Crippen LogP contribution in [-0.2, 0) is 33.3 Å². The summed E-state index contributed by atoms with van der Waals surface area (Å²) in [4.78, 5) is 37.2. The highest BCUT2D eigenvalue weighted by molar-refractivity contribution is 5.71. The van der Waals surface area contributed by atoms with Crippen molar-refractivity contribution in [2.45, 2.75) is 309 Å². The van der Waals surface area contributed by atoms with E-state index in [0.717, 1.165) is 44.9 Å². The van der Waals surface area contributed by atoms with Crippen LogP contribution in [0.4, 0.5) is 0 Å². The number of carbonyl (C=O) groups excluding carboxylic acids is 3. The molecule has 0 aliphatic heterocycles. The lowest BCUT2D eigenvalue weighted by Crippen LogP contribution is -2.44. The van der Waals surface area contributed by atoms with Crippen LogP contribution in [0.5, 0.6) is 0 Å². The van der Waals surface area contributed by atoms with Crippen molar-refractivity contribution in [1.29, 1.82) is 0 Å². The summed E-state index contributed by atoms with van der Waals surface area (Å²) < 4.78 is 22.5. The van der Waals surface area contributed by atoms with E-state index in [4.69, 9.17) is 18.9 Å². The predicted molar refractivity (Wildman–Crippen MR) is 334 cm³/mol. The van der Waals surface area contributed by atoms with Crippen molar-refractivity contribution in [3.8, 4) is 0 Å². The van der Waals surface area contributed by atoms with Crippen LogP contribution in [0.15, 0.2) is 72.9 Å². The van der Waals surface area contributed by atoms with Crippen LogP contribution >= 0.6 is 0 Å². The molecule has 0 aromatic carbocycles. The van der Waals surface area contributed by atoms with Gasteiger partial charge < -0.3 is 33.3 Å². The lowest BCUT2D eigenvalue weighted by molar-refractivity contribution is -0.870. The van der Waals surface area contributed by atoms with Gasteiger partial charge in [0.25, 0.3) is 0 Å². The van der Waals surface area contributed by atoms with Gasteiger partial charge in [-0.15, -0.1) is 0 Å². The molecule has 79 heavy (non-hydrogen) atoms. The Bertz CT molecular complexity index is 1520. The number of hydrogen-bond acceptors (Lipinski definition) is 8. The summed E-state index contributed by atoms with van der Waals surface area (Å²) >= 11 is 0. The molecule has 0 saturated heterocycles. The second-order valence-electron chi connectivity index (χ2n) is 23.4. The fourth-order valence-corrected chi connectivity index (χ4v) is 9.43. The maximum absolute atomic E-state index is 12.8. The number of likely N-dealkylation sites (N-methyl/N-ethyl adjacent to an activating group) is 1. The molecule has 0 amide bonds. The number of esters is 2. The quantitative estimate of drug-likeness (QED) is 0.0195. The van der Waals surface area contributed by atoms with Gasteiger partial charge >= 0.3 is 11.9 Å². The van der Waals surface area contributed by atoms with Crippen molar-refractivity contribution in [3.05, 3.63) is 72.9 Å². The Kier molecular flexibility index (Phi) is 58.3. The minimum atomic E-state index is -1.65. The second-order valence-corrected chi connectivity index (χ2v) is 23.4. The van der Waals surface area contributed by atoms with Gasteiger partial charge in [-0.3, -0.25) is 9.59 Å². The van der Waals surface area contributed by atoms with Crippen molar-refractivity contribution in [1.82, 2.24) is 0 Å². The first-order chi connectivity index (χ1) is 38.6. The van der Waals surface area contributed by atoms with E-state index in [2.05, 4.69) is 68.5 Å². The Labute approximate surface area is 487 Å². The molecule has 2 unspecified atom stereocenters. The monoisotopic (exact) mass is 1110 g/mol. The smallest absolute Gasteiger partial charge is 0.310 e. The van der Waals surface area contributed by atoms with Crippen LogP contribution in [0.3, 0.4) is 0 Å². The van der Waals surface area contributed by atoms with E-state index in [-0.39, 0.29) is 38.6 Å². The van der Waals surface area contributed by atoms with E-state index in [1.807, 2.05) is 33.3 Å². The minimum absolute atomic E-state index is 0.0148. The summed E-state index contributed by atoms with van der Waals surface area (Å²) in [5.41, 5.74) is 0. The zero-order chi connectivity index (χ0) is 57.6. The number of rotatable bonds is 61. The number of ether oxygens (including phenoxy) is 4. The number of carboxylic acids is 1. The molecule has 0 saturated carbocycles. The lowest BCUT2D eigenvalue weighted by atomic mass is 10.0. The van der Waals surface area contributed by atoms with Crippen molar-refractivity contribution < 1.29 is 42.9 Å².